The molecular weight excluding hydrogens is 444 g/mol. The average Bonchev–Trinajstić information content (AvgIpc) is 2.84. The van der Waals surface area contributed by atoms with Gasteiger partial charge in [0.25, 0.3) is 5.91 Å². The first-order valence-electron chi connectivity index (χ1n) is 9.78. The summed E-state index contributed by atoms with van der Waals surface area (Å²) in [4.78, 5) is 12.5. The lowest BCUT2D eigenvalue weighted by Gasteiger charge is -2.10. The molecule has 0 heterocycles. The van der Waals surface area contributed by atoms with Crippen LogP contribution in [0.25, 0.3) is 0 Å². The van der Waals surface area contributed by atoms with Crippen molar-refractivity contribution in [3.63, 3.8) is 0 Å². The van der Waals surface area contributed by atoms with Gasteiger partial charge in [-0.3, -0.25) is 4.79 Å². The third kappa shape index (κ3) is 6.20. The fraction of sp³-hybridized carbons (Fsp3) is 0.0833. The maximum Gasteiger partial charge on any atom is 0.339 e. The molecule has 0 spiro atoms. The molecule has 0 fully saturated rings. The van der Waals surface area contributed by atoms with E-state index in [0.29, 0.717) is 29.2 Å². The number of nitrogens with one attached hydrogen (secondary N) is 1. The molecule has 3 aromatic carbocycles. The van der Waals surface area contributed by atoms with Crippen molar-refractivity contribution in [1.82, 2.24) is 5.43 Å². The van der Waals surface area contributed by atoms with Gasteiger partial charge in [0.15, 0.2) is 17.2 Å². The summed E-state index contributed by atoms with van der Waals surface area (Å²) in [5.74, 6) is 0.446. The van der Waals surface area contributed by atoms with Gasteiger partial charge >= 0.3 is 10.1 Å². The van der Waals surface area contributed by atoms with Crippen LogP contribution >= 0.6 is 0 Å². The van der Waals surface area contributed by atoms with Gasteiger partial charge in [0.05, 0.1) is 13.3 Å². The molecule has 0 saturated carbocycles. The number of carbonyl (C=O) groups is 1. The van der Waals surface area contributed by atoms with Crippen LogP contribution in [-0.2, 0) is 10.1 Å². The lowest BCUT2D eigenvalue weighted by molar-refractivity contribution is 0.0954. The van der Waals surface area contributed by atoms with Crippen LogP contribution in [-0.4, -0.2) is 34.3 Å². The highest BCUT2D eigenvalue weighted by atomic mass is 32.2. The van der Waals surface area contributed by atoms with Crippen molar-refractivity contribution in [3.8, 4) is 17.2 Å². The summed E-state index contributed by atoms with van der Waals surface area (Å²) in [5.41, 5.74) is 3.06. The minimum Gasteiger partial charge on any atom is -0.493 e. The van der Waals surface area contributed by atoms with Crippen LogP contribution in [0.3, 0.4) is 0 Å². The van der Waals surface area contributed by atoms with Gasteiger partial charge in [-0.05, 0) is 42.5 Å². The molecule has 1 amide bonds. The molecule has 0 bridgehead atoms. The predicted molar refractivity (Wildman–Crippen MR) is 124 cm³/mol. The Morgan fingerprint density at radius 2 is 1.73 bits per heavy atom. The van der Waals surface area contributed by atoms with E-state index in [1.165, 1.54) is 37.6 Å². The quantitative estimate of drug-likeness (QED) is 0.211. The zero-order valence-corrected chi connectivity index (χ0v) is 18.6. The molecule has 0 aliphatic rings. The fourth-order valence-corrected chi connectivity index (χ4v) is 3.69. The Morgan fingerprint density at radius 1 is 1.00 bits per heavy atom. The Balaban J connectivity index is 1.72. The molecule has 0 unspecified atom stereocenters. The van der Waals surface area contributed by atoms with Gasteiger partial charge < -0.3 is 13.7 Å². The highest BCUT2D eigenvalue weighted by molar-refractivity contribution is 7.87. The van der Waals surface area contributed by atoms with Crippen LogP contribution in [0.5, 0.6) is 17.2 Å². The number of amides is 1. The van der Waals surface area contributed by atoms with Crippen LogP contribution < -0.4 is 19.1 Å². The molecule has 0 atom stereocenters. The minimum absolute atomic E-state index is 0.0273. The maximum absolute atomic E-state index is 12.5. The fourth-order valence-electron chi connectivity index (χ4n) is 2.72. The molecule has 9 heteroatoms. The lowest BCUT2D eigenvalue weighted by Crippen LogP contribution is -2.18. The van der Waals surface area contributed by atoms with Gasteiger partial charge in [-0.2, -0.15) is 13.5 Å². The molecule has 0 aliphatic carbocycles. The number of benzene rings is 3. The van der Waals surface area contributed by atoms with Gasteiger partial charge in [0.2, 0.25) is 0 Å². The smallest absolute Gasteiger partial charge is 0.339 e. The largest absolute Gasteiger partial charge is 0.493 e. The number of rotatable bonds is 10. The zero-order chi connectivity index (χ0) is 23.7. The molecule has 33 heavy (non-hydrogen) atoms. The third-order valence-electron chi connectivity index (χ3n) is 4.30. The SMILES string of the molecule is C=CCOc1ccc(C(=O)N/N=C/c2ccccc2OS(=O)(=O)c2ccccc2)cc1OC. The number of hydrogen-bond donors (Lipinski definition) is 1. The van der Waals surface area contributed by atoms with E-state index in [9.17, 15) is 13.2 Å². The number of hydrazone groups is 1. The van der Waals surface area contributed by atoms with E-state index in [1.807, 2.05) is 0 Å². The highest BCUT2D eigenvalue weighted by Crippen LogP contribution is 2.28. The van der Waals surface area contributed by atoms with E-state index >= 15 is 0 Å². The Morgan fingerprint density at radius 3 is 2.45 bits per heavy atom. The Hall–Kier alpha value is -4.11. The molecular formula is C24H22N2O6S. The van der Waals surface area contributed by atoms with Crippen molar-refractivity contribution < 1.29 is 26.9 Å². The van der Waals surface area contributed by atoms with E-state index in [1.54, 1.807) is 54.6 Å². The Labute approximate surface area is 192 Å². The predicted octanol–water partition coefficient (Wildman–Crippen LogP) is 3.79. The first kappa shape index (κ1) is 23.6. The zero-order valence-electron chi connectivity index (χ0n) is 17.8. The van der Waals surface area contributed by atoms with Crippen LogP contribution in [0.15, 0.2) is 95.4 Å². The normalized spacial score (nSPS) is 11.1. The second-order valence-electron chi connectivity index (χ2n) is 6.55. The molecule has 0 saturated heterocycles. The highest BCUT2D eigenvalue weighted by Gasteiger charge is 2.17. The summed E-state index contributed by atoms with van der Waals surface area (Å²) < 4.78 is 41.0. The number of para-hydroxylation sites is 1. The van der Waals surface area contributed by atoms with Crippen molar-refractivity contribution in [2.24, 2.45) is 5.10 Å². The first-order chi connectivity index (χ1) is 15.9. The molecule has 0 radical (unpaired) electrons. The van der Waals surface area contributed by atoms with Crippen LogP contribution in [0.1, 0.15) is 15.9 Å². The van der Waals surface area contributed by atoms with E-state index < -0.39 is 16.0 Å². The van der Waals surface area contributed by atoms with E-state index in [0.717, 1.165) is 0 Å². The van der Waals surface area contributed by atoms with Crippen LogP contribution in [0.4, 0.5) is 0 Å². The number of methoxy groups -OCH3 is 1. The number of hydrogen-bond acceptors (Lipinski definition) is 7. The summed E-state index contributed by atoms with van der Waals surface area (Å²) in [7, 11) is -2.55. The second-order valence-corrected chi connectivity index (χ2v) is 8.10. The van der Waals surface area contributed by atoms with Gasteiger partial charge in [-0.15, -0.1) is 0 Å². The molecule has 3 rings (SSSR count). The average molecular weight is 467 g/mol. The summed E-state index contributed by atoms with van der Waals surface area (Å²) in [5, 5.41) is 3.92. The molecule has 8 nitrogen and oxygen atoms in total. The van der Waals surface area contributed by atoms with Crippen LogP contribution in [0, 0.1) is 0 Å². The van der Waals surface area contributed by atoms with Crippen molar-refractivity contribution >= 4 is 22.2 Å². The minimum atomic E-state index is -4.02. The molecule has 0 aliphatic heterocycles. The first-order valence-corrected chi connectivity index (χ1v) is 11.2. The Bertz CT molecular complexity index is 1260. The van der Waals surface area contributed by atoms with Gasteiger partial charge in [-0.25, -0.2) is 5.43 Å². The van der Waals surface area contributed by atoms with Gasteiger partial charge in [0.1, 0.15) is 11.5 Å². The monoisotopic (exact) mass is 466 g/mol. The molecule has 0 aromatic heterocycles. The van der Waals surface area contributed by atoms with Gasteiger partial charge in [-0.1, -0.05) is 43.0 Å². The van der Waals surface area contributed by atoms with Crippen LogP contribution in [0.2, 0.25) is 0 Å². The topological polar surface area (TPSA) is 103 Å². The van der Waals surface area contributed by atoms with E-state index in [2.05, 4.69) is 17.1 Å². The van der Waals surface area contributed by atoms with Crippen molar-refractivity contribution in [1.29, 1.82) is 0 Å². The standard InChI is InChI=1S/C24H22N2O6S/c1-3-15-31-22-14-13-18(16-23(22)30-2)24(27)26-25-17-19-9-7-8-12-21(19)32-33(28,29)20-10-5-4-6-11-20/h3-14,16-17H,1,15H2,2H3,(H,26,27)/b25-17+. The molecule has 1 N–H and O–H groups in total. The van der Waals surface area contributed by atoms with Crippen molar-refractivity contribution in [2.45, 2.75) is 4.90 Å². The van der Waals surface area contributed by atoms with E-state index in [4.69, 9.17) is 13.7 Å². The number of ether oxygens (including phenoxy) is 2. The summed E-state index contributed by atoms with van der Waals surface area (Å²) in [6.45, 7) is 3.89. The molecule has 3 aromatic rings. The second kappa shape index (κ2) is 11.0. The number of nitrogens with zero attached hydrogens (tertiary/aromatic N) is 1. The van der Waals surface area contributed by atoms with Crippen molar-refractivity contribution in [2.75, 3.05) is 13.7 Å². The molecule has 170 valence electrons. The van der Waals surface area contributed by atoms with E-state index in [-0.39, 0.29) is 10.6 Å². The van der Waals surface area contributed by atoms with Crippen molar-refractivity contribution in [3.05, 3.63) is 96.6 Å². The summed E-state index contributed by atoms with van der Waals surface area (Å²) >= 11 is 0. The van der Waals surface area contributed by atoms with Gasteiger partial charge in [0, 0.05) is 11.1 Å². The summed E-state index contributed by atoms with van der Waals surface area (Å²) in [6.07, 6.45) is 2.90. The summed E-state index contributed by atoms with van der Waals surface area (Å²) in [6, 6.07) is 18.9. The lowest BCUT2D eigenvalue weighted by atomic mass is 10.2. The number of carbonyl (C=O) groups excluding carboxylic acids is 1. The maximum atomic E-state index is 12.5. The third-order valence-corrected chi connectivity index (χ3v) is 5.55. The Kier molecular flexibility index (Phi) is 7.82.